The summed E-state index contributed by atoms with van der Waals surface area (Å²) in [5.41, 5.74) is -0.323. The van der Waals surface area contributed by atoms with Gasteiger partial charge in [0, 0.05) is 17.2 Å². The Kier molecular flexibility index (Phi) is 4.49. The third-order valence-corrected chi connectivity index (χ3v) is 2.78. The average Bonchev–Trinajstić information content (AvgIpc) is 2.29. The molecule has 1 heterocycles. The highest BCUT2D eigenvalue weighted by atomic mass is 79.9. The van der Waals surface area contributed by atoms with Crippen LogP contribution < -0.4 is 5.32 Å². The molecule has 1 N–H and O–H groups in total. The fourth-order valence-electron chi connectivity index (χ4n) is 1.02. The molecule has 0 saturated heterocycles. The van der Waals surface area contributed by atoms with E-state index < -0.39 is 5.41 Å². The highest BCUT2D eigenvalue weighted by Crippen LogP contribution is 2.18. The molecule has 4 nitrogen and oxygen atoms in total. The van der Waals surface area contributed by atoms with Gasteiger partial charge in [-0.3, -0.25) is 4.79 Å². The van der Waals surface area contributed by atoms with Gasteiger partial charge >= 0.3 is 0 Å². The summed E-state index contributed by atoms with van der Waals surface area (Å²) in [6, 6.07) is 3.69. The minimum atomic E-state index is -0.610. The molecule has 0 fully saturated rings. The fourth-order valence-corrected chi connectivity index (χ4v) is 1.54. The molecule has 0 radical (unpaired) electrons. The SMILES string of the molecule is CC(C)(C#N)CNC(=O)c1cc(Br)cnc1Cl. The van der Waals surface area contributed by atoms with Gasteiger partial charge < -0.3 is 5.32 Å². The van der Waals surface area contributed by atoms with Gasteiger partial charge in [0.05, 0.1) is 17.0 Å². The van der Waals surface area contributed by atoms with E-state index in [0.29, 0.717) is 4.47 Å². The van der Waals surface area contributed by atoms with Crippen LogP contribution in [-0.2, 0) is 0 Å². The number of nitriles is 1. The standard InChI is InChI=1S/C11H11BrClN3O/c1-11(2,5-14)6-16-10(17)8-3-7(12)4-15-9(8)13/h3-4H,6H2,1-2H3,(H,16,17). The zero-order chi connectivity index (χ0) is 13.1. The molecule has 0 spiro atoms. The summed E-state index contributed by atoms with van der Waals surface area (Å²) in [6.07, 6.45) is 1.51. The van der Waals surface area contributed by atoms with Gasteiger partial charge in [0.25, 0.3) is 5.91 Å². The van der Waals surface area contributed by atoms with Gasteiger partial charge in [-0.05, 0) is 35.8 Å². The second kappa shape index (κ2) is 5.48. The Balaban J connectivity index is 2.78. The predicted molar refractivity (Wildman–Crippen MR) is 68.7 cm³/mol. The fraction of sp³-hybridized carbons (Fsp3) is 0.364. The summed E-state index contributed by atoms with van der Waals surface area (Å²) < 4.78 is 0.673. The Bertz CT molecular complexity index is 482. The summed E-state index contributed by atoms with van der Waals surface area (Å²) in [4.78, 5) is 15.7. The minimum Gasteiger partial charge on any atom is -0.350 e. The number of halogens is 2. The molecule has 0 atom stereocenters. The van der Waals surface area contributed by atoms with Crippen molar-refractivity contribution in [2.24, 2.45) is 5.41 Å². The van der Waals surface area contributed by atoms with Gasteiger partial charge in [-0.15, -0.1) is 0 Å². The molecule has 0 unspecified atom stereocenters. The molecule has 0 bridgehead atoms. The van der Waals surface area contributed by atoms with Crippen LogP contribution in [0.3, 0.4) is 0 Å². The lowest BCUT2D eigenvalue weighted by molar-refractivity contribution is 0.0943. The molecule has 90 valence electrons. The third kappa shape index (κ3) is 3.99. The summed E-state index contributed by atoms with van der Waals surface area (Å²) >= 11 is 9.03. The van der Waals surface area contributed by atoms with E-state index in [-0.39, 0.29) is 23.2 Å². The number of amides is 1. The van der Waals surface area contributed by atoms with Crippen LogP contribution >= 0.6 is 27.5 Å². The van der Waals surface area contributed by atoms with E-state index in [1.54, 1.807) is 19.9 Å². The van der Waals surface area contributed by atoms with Crippen molar-refractivity contribution in [2.45, 2.75) is 13.8 Å². The smallest absolute Gasteiger partial charge is 0.254 e. The van der Waals surface area contributed by atoms with Crippen molar-refractivity contribution in [3.8, 4) is 6.07 Å². The van der Waals surface area contributed by atoms with Crippen LogP contribution in [0.2, 0.25) is 5.15 Å². The molecule has 0 aliphatic rings. The molecule has 0 aliphatic carbocycles. The van der Waals surface area contributed by atoms with Crippen LogP contribution in [0.1, 0.15) is 24.2 Å². The Labute approximate surface area is 113 Å². The van der Waals surface area contributed by atoms with Gasteiger partial charge in [-0.25, -0.2) is 4.98 Å². The molecule has 0 aromatic carbocycles. The van der Waals surface area contributed by atoms with Gasteiger partial charge in [0.15, 0.2) is 0 Å². The van der Waals surface area contributed by atoms with E-state index in [9.17, 15) is 4.79 Å². The molecule has 1 aromatic heterocycles. The quantitative estimate of drug-likeness (QED) is 0.872. The number of nitrogens with one attached hydrogen (secondary N) is 1. The number of aromatic nitrogens is 1. The lowest BCUT2D eigenvalue weighted by Crippen LogP contribution is -2.33. The van der Waals surface area contributed by atoms with E-state index in [0.717, 1.165) is 0 Å². The number of pyridine rings is 1. The van der Waals surface area contributed by atoms with Crippen LogP contribution in [0.25, 0.3) is 0 Å². The Morgan fingerprint density at radius 3 is 2.94 bits per heavy atom. The van der Waals surface area contributed by atoms with Crippen molar-refractivity contribution in [2.75, 3.05) is 6.54 Å². The van der Waals surface area contributed by atoms with Crippen molar-refractivity contribution < 1.29 is 4.79 Å². The third-order valence-electron chi connectivity index (χ3n) is 2.04. The maximum Gasteiger partial charge on any atom is 0.254 e. The molecule has 1 rings (SSSR count). The first-order valence-corrected chi connectivity index (χ1v) is 6.03. The van der Waals surface area contributed by atoms with Crippen molar-refractivity contribution in [3.63, 3.8) is 0 Å². The number of hydrogen-bond acceptors (Lipinski definition) is 3. The van der Waals surface area contributed by atoms with Gasteiger partial charge in [0.2, 0.25) is 0 Å². The molecule has 6 heteroatoms. The number of carbonyl (C=O) groups is 1. The highest BCUT2D eigenvalue weighted by Gasteiger charge is 2.19. The summed E-state index contributed by atoms with van der Waals surface area (Å²) in [5, 5.41) is 11.6. The number of rotatable bonds is 3. The largest absolute Gasteiger partial charge is 0.350 e. The van der Waals surface area contributed by atoms with Crippen LogP contribution in [0, 0.1) is 16.7 Å². The first-order chi connectivity index (χ1) is 7.85. The molecule has 1 aromatic rings. The van der Waals surface area contributed by atoms with E-state index in [1.807, 2.05) is 0 Å². The number of hydrogen-bond donors (Lipinski definition) is 1. The Hall–Kier alpha value is -1.12. The second-order valence-electron chi connectivity index (χ2n) is 4.17. The summed E-state index contributed by atoms with van der Waals surface area (Å²) in [5.74, 6) is -0.341. The van der Waals surface area contributed by atoms with E-state index in [4.69, 9.17) is 16.9 Å². The first-order valence-electron chi connectivity index (χ1n) is 4.86. The van der Waals surface area contributed by atoms with Gasteiger partial charge in [0.1, 0.15) is 5.15 Å². The van der Waals surface area contributed by atoms with Crippen LogP contribution in [-0.4, -0.2) is 17.4 Å². The molecule has 1 amide bonds. The maximum atomic E-state index is 11.8. The second-order valence-corrected chi connectivity index (χ2v) is 5.44. The average molecular weight is 317 g/mol. The van der Waals surface area contributed by atoms with E-state index in [1.165, 1.54) is 6.20 Å². The van der Waals surface area contributed by atoms with E-state index in [2.05, 4.69) is 32.3 Å². The van der Waals surface area contributed by atoms with Crippen molar-refractivity contribution in [3.05, 3.63) is 27.5 Å². The zero-order valence-corrected chi connectivity index (χ0v) is 11.8. The molecule has 0 saturated carbocycles. The lowest BCUT2D eigenvalue weighted by atomic mass is 9.96. The highest BCUT2D eigenvalue weighted by molar-refractivity contribution is 9.10. The van der Waals surface area contributed by atoms with Crippen molar-refractivity contribution >= 4 is 33.4 Å². The summed E-state index contributed by atoms with van der Waals surface area (Å²) in [6.45, 7) is 3.74. The normalized spacial score (nSPS) is 10.8. The van der Waals surface area contributed by atoms with E-state index >= 15 is 0 Å². The Morgan fingerprint density at radius 1 is 1.71 bits per heavy atom. The topological polar surface area (TPSA) is 65.8 Å². The zero-order valence-electron chi connectivity index (χ0n) is 9.42. The number of carbonyl (C=O) groups excluding carboxylic acids is 1. The first kappa shape index (κ1) is 13.9. The molecule has 17 heavy (non-hydrogen) atoms. The molecular weight excluding hydrogens is 305 g/mol. The lowest BCUT2D eigenvalue weighted by Gasteiger charge is -2.16. The van der Waals surface area contributed by atoms with Crippen LogP contribution in [0.15, 0.2) is 16.7 Å². The summed E-state index contributed by atoms with van der Waals surface area (Å²) in [7, 11) is 0. The monoisotopic (exact) mass is 315 g/mol. The van der Waals surface area contributed by atoms with Crippen LogP contribution in [0.4, 0.5) is 0 Å². The van der Waals surface area contributed by atoms with Gasteiger partial charge in [-0.1, -0.05) is 11.6 Å². The Morgan fingerprint density at radius 2 is 2.35 bits per heavy atom. The predicted octanol–water partition coefficient (Wildman–Crippen LogP) is 2.78. The van der Waals surface area contributed by atoms with Gasteiger partial charge in [-0.2, -0.15) is 5.26 Å². The minimum absolute atomic E-state index is 0.139. The molecule has 0 aliphatic heterocycles. The van der Waals surface area contributed by atoms with Crippen molar-refractivity contribution in [1.82, 2.24) is 10.3 Å². The molecular formula is C11H11BrClN3O. The number of nitrogens with zero attached hydrogens (tertiary/aromatic N) is 2. The maximum absolute atomic E-state index is 11.8. The van der Waals surface area contributed by atoms with Crippen molar-refractivity contribution in [1.29, 1.82) is 5.26 Å². The van der Waals surface area contributed by atoms with Crippen LogP contribution in [0.5, 0.6) is 0 Å².